The van der Waals surface area contributed by atoms with E-state index in [1.807, 2.05) is 13.8 Å². The van der Waals surface area contributed by atoms with Gasteiger partial charge in [0.15, 0.2) is 11.6 Å². The number of carbonyl (C=O) groups excluding carboxylic acids is 2. The van der Waals surface area contributed by atoms with Gasteiger partial charge in [0, 0.05) is 17.3 Å². The van der Waals surface area contributed by atoms with E-state index in [9.17, 15) is 14.4 Å². The predicted molar refractivity (Wildman–Crippen MR) is 69.4 cm³/mol. The molecule has 19 heavy (non-hydrogen) atoms. The Bertz CT molecular complexity index is 514. The van der Waals surface area contributed by atoms with E-state index in [0.717, 1.165) is 5.57 Å². The number of carboxylic acid groups (broad SMARTS) is 1. The lowest BCUT2D eigenvalue weighted by molar-refractivity contribution is -0.146. The first-order chi connectivity index (χ1) is 8.77. The maximum absolute atomic E-state index is 12.1. The molecule has 0 aromatic rings. The van der Waals surface area contributed by atoms with Crippen molar-refractivity contribution in [3.63, 3.8) is 0 Å². The Kier molecular flexibility index (Phi) is 3.20. The lowest BCUT2D eigenvalue weighted by Gasteiger charge is -2.43. The molecule has 0 spiro atoms. The topological polar surface area (TPSA) is 71.4 Å². The van der Waals surface area contributed by atoms with Crippen molar-refractivity contribution in [2.24, 2.45) is 23.2 Å². The molecule has 0 fully saturated rings. The minimum absolute atomic E-state index is 0.0377. The number of ketones is 2. The Morgan fingerprint density at radius 1 is 1.37 bits per heavy atom. The summed E-state index contributed by atoms with van der Waals surface area (Å²) in [5.74, 6) is -2.57. The molecule has 1 N–H and O–H groups in total. The van der Waals surface area contributed by atoms with Crippen LogP contribution >= 0.6 is 0 Å². The standard InChI is InChI=1S/C15H18O4/c1-8(14(18)19)11-7-15(3)9(2)12(16)5-4-10(15)6-13(11)17/h4-6,8-9,11H,7H2,1-3H3,(H,18,19). The number of aliphatic carboxylic acids is 1. The van der Waals surface area contributed by atoms with Crippen molar-refractivity contribution in [2.45, 2.75) is 27.2 Å². The Balaban J connectivity index is 2.43. The summed E-state index contributed by atoms with van der Waals surface area (Å²) in [6, 6.07) is 0. The van der Waals surface area contributed by atoms with Gasteiger partial charge in [-0.2, -0.15) is 0 Å². The number of fused-ring (bicyclic) bond motifs is 1. The third-order valence-corrected chi connectivity index (χ3v) is 4.77. The second-order valence-corrected chi connectivity index (χ2v) is 5.81. The molecule has 4 atom stereocenters. The van der Waals surface area contributed by atoms with E-state index in [1.54, 1.807) is 13.0 Å². The van der Waals surface area contributed by atoms with Crippen LogP contribution in [0.1, 0.15) is 27.2 Å². The van der Waals surface area contributed by atoms with Crippen molar-refractivity contribution >= 4 is 17.5 Å². The molecule has 0 bridgehead atoms. The number of allylic oxidation sites excluding steroid dienone is 4. The monoisotopic (exact) mass is 262 g/mol. The van der Waals surface area contributed by atoms with Crippen molar-refractivity contribution < 1.29 is 19.5 Å². The van der Waals surface area contributed by atoms with Crippen LogP contribution in [-0.4, -0.2) is 22.6 Å². The van der Waals surface area contributed by atoms with Crippen LogP contribution < -0.4 is 0 Å². The second kappa shape index (κ2) is 4.44. The molecule has 4 unspecified atom stereocenters. The summed E-state index contributed by atoms with van der Waals surface area (Å²) in [4.78, 5) is 35.0. The lowest BCUT2D eigenvalue weighted by atomic mass is 9.58. The van der Waals surface area contributed by atoms with Gasteiger partial charge in [-0.3, -0.25) is 14.4 Å². The number of carbonyl (C=O) groups is 3. The van der Waals surface area contributed by atoms with Gasteiger partial charge < -0.3 is 5.11 Å². The quantitative estimate of drug-likeness (QED) is 0.826. The van der Waals surface area contributed by atoms with Crippen LogP contribution in [0.5, 0.6) is 0 Å². The first-order valence-corrected chi connectivity index (χ1v) is 6.48. The molecule has 2 aliphatic rings. The SMILES string of the molecule is CC(C(=O)O)C1CC2(C)C(=CC1=O)C=CC(=O)C2C. The molecule has 0 saturated heterocycles. The van der Waals surface area contributed by atoms with Crippen molar-refractivity contribution in [2.75, 3.05) is 0 Å². The zero-order valence-corrected chi connectivity index (χ0v) is 11.3. The first kappa shape index (κ1) is 13.7. The normalized spacial score (nSPS) is 35.6. The third kappa shape index (κ3) is 2.05. The summed E-state index contributed by atoms with van der Waals surface area (Å²) < 4.78 is 0. The lowest BCUT2D eigenvalue weighted by Crippen LogP contribution is -2.43. The zero-order valence-electron chi connectivity index (χ0n) is 11.3. The zero-order chi connectivity index (χ0) is 14.4. The Labute approximate surface area is 112 Å². The molecule has 0 amide bonds. The molecular weight excluding hydrogens is 244 g/mol. The molecule has 0 aliphatic heterocycles. The van der Waals surface area contributed by atoms with E-state index in [2.05, 4.69) is 0 Å². The van der Waals surface area contributed by atoms with E-state index in [4.69, 9.17) is 5.11 Å². The molecule has 2 rings (SSSR count). The highest BCUT2D eigenvalue weighted by molar-refractivity contribution is 6.00. The highest BCUT2D eigenvalue weighted by atomic mass is 16.4. The van der Waals surface area contributed by atoms with Gasteiger partial charge in [0.25, 0.3) is 0 Å². The summed E-state index contributed by atoms with van der Waals surface area (Å²) in [5.41, 5.74) is 0.409. The number of carboxylic acids is 1. The number of hydrogen-bond donors (Lipinski definition) is 1. The molecular formula is C15H18O4. The minimum Gasteiger partial charge on any atom is -0.481 e. The fraction of sp³-hybridized carbons (Fsp3) is 0.533. The first-order valence-electron chi connectivity index (χ1n) is 6.48. The van der Waals surface area contributed by atoms with E-state index < -0.39 is 23.2 Å². The fourth-order valence-corrected chi connectivity index (χ4v) is 2.99. The van der Waals surface area contributed by atoms with Crippen molar-refractivity contribution in [1.82, 2.24) is 0 Å². The summed E-state index contributed by atoms with van der Waals surface area (Å²) in [7, 11) is 0. The minimum atomic E-state index is -0.968. The molecule has 0 radical (unpaired) electrons. The molecule has 0 aromatic heterocycles. The summed E-state index contributed by atoms with van der Waals surface area (Å²) in [6.45, 7) is 5.34. The highest BCUT2D eigenvalue weighted by Crippen LogP contribution is 2.49. The maximum Gasteiger partial charge on any atom is 0.306 e. The van der Waals surface area contributed by atoms with E-state index >= 15 is 0 Å². The van der Waals surface area contributed by atoms with Crippen molar-refractivity contribution in [1.29, 1.82) is 0 Å². The average molecular weight is 262 g/mol. The largest absolute Gasteiger partial charge is 0.481 e. The smallest absolute Gasteiger partial charge is 0.306 e. The van der Waals surface area contributed by atoms with Crippen LogP contribution in [0.4, 0.5) is 0 Å². The Morgan fingerprint density at radius 2 is 2.00 bits per heavy atom. The molecule has 102 valence electrons. The van der Waals surface area contributed by atoms with Crippen LogP contribution in [0.3, 0.4) is 0 Å². The van der Waals surface area contributed by atoms with Gasteiger partial charge in [0.2, 0.25) is 0 Å². The van der Waals surface area contributed by atoms with Gasteiger partial charge in [0.1, 0.15) is 0 Å². The Morgan fingerprint density at radius 3 is 2.58 bits per heavy atom. The van der Waals surface area contributed by atoms with E-state index in [1.165, 1.54) is 12.2 Å². The second-order valence-electron chi connectivity index (χ2n) is 5.81. The van der Waals surface area contributed by atoms with Gasteiger partial charge >= 0.3 is 5.97 Å². The molecule has 0 saturated carbocycles. The molecule has 4 nitrogen and oxygen atoms in total. The van der Waals surface area contributed by atoms with Crippen LogP contribution in [0.2, 0.25) is 0 Å². The summed E-state index contributed by atoms with van der Waals surface area (Å²) in [6.07, 6.45) is 5.14. The van der Waals surface area contributed by atoms with Gasteiger partial charge in [-0.15, -0.1) is 0 Å². The van der Waals surface area contributed by atoms with Gasteiger partial charge in [-0.25, -0.2) is 0 Å². The summed E-state index contributed by atoms with van der Waals surface area (Å²) >= 11 is 0. The van der Waals surface area contributed by atoms with Gasteiger partial charge in [-0.05, 0) is 24.1 Å². The highest BCUT2D eigenvalue weighted by Gasteiger charge is 2.47. The molecule has 2 aliphatic carbocycles. The van der Waals surface area contributed by atoms with Crippen LogP contribution in [0.15, 0.2) is 23.8 Å². The van der Waals surface area contributed by atoms with Crippen LogP contribution in [-0.2, 0) is 14.4 Å². The number of hydrogen-bond acceptors (Lipinski definition) is 3. The van der Waals surface area contributed by atoms with Crippen molar-refractivity contribution in [3.05, 3.63) is 23.8 Å². The molecule has 4 heteroatoms. The van der Waals surface area contributed by atoms with Gasteiger partial charge in [-0.1, -0.05) is 26.8 Å². The van der Waals surface area contributed by atoms with E-state index in [-0.39, 0.29) is 17.5 Å². The van der Waals surface area contributed by atoms with E-state index in [0.29, 0.717) is 6.42 Å². The maximum atomic E-state index is 12.1. The fourth-order valence-electron chi connectivity index (χ4n) is 2.99. The van der Waals surface area contributed by atoms with Crippen molar-refractivity contribution in [3.8, 4) is 0 Å². The van der Waals surface area contributed by atoms with Crippen LogP contribution in [0, 0.1) is 23.2 Å². The third-order valence-electron chi connectivity index (χ3n) is 4.77. The van der Waals surface area contributed by atoms with Gasteiger partial charge in [0.05, 0.1) is 5.92 Å². The Hall–Kier alpha value is -1.71. The molecule has 0 heterocycles. The summed E-state index contributed by atoms with van der Waals surface area (Å²) in [5, 5.41) is 9.10. The number of rotatable bonds is 2. The molecule has 0 aromatic carbocycles. The van der Waals surface area contributed by atoms with Crippen LogP contribution in [0.25, 0.3) is 0 Å². The predicted octanol–water partition coefficient (Wildman–Crippen LogP) is 2.00. The average Bonchev–Trinajstić information content (AvgIpc) is 2.35.